The summed E-state index contributed by atoms with van der Waals surface area (Å²) in [7, 11) is 0. The number of para-hydroxylation sites is 1. The second-order valence-electron chi connectivity index (χ2n) is 5.37. The van der Waals surface area contributed by atoms with Crippen LogP contribution in [0.4, 0.5) is 5.69 Å². The van der Waals surface area contributed by atoms with E-state index in [1.165, 1.54) is 0 Å². The highest BCUT2D eigenvalue weighted by molar-refractivity contribution is 5.92. The minimum absolute atomic E-state index is 0.0924. The third-order valence-electron chi connectivity index (χ3n) is 3.91. The molecule has 0 unspecified atom stereocenters. The highest BCUT2D eigenvalue weighted by Gasteiger charge is 2.26. The van der Waals surface area contributed by atoms with E-state index < -0.39 is 0 Å². The first-order valence-corrected chi connectivity index (χ1v) is 6.69. The van der Waals surface area contributed by atoms with E-state index in [1.54, 1.807) is 0 Å². The van der Waals surface area contributed by atoms with Crippen molar-refractivity contribution in [3.8, 4) is 0 Å². The molecule has 0 aliphatic heterocycles. The average Bonchev–Trinajstić information content (AvgIpc) is 2.70. The van der Waals surface area contributed by atoms with Crippen LogP contribution < -0.4 is 11.1 Å². The molecule has 0 aromatic heterocycles. The number of carbonyl (C=O) groups excluding carboxylic acids is 1. The molecule has 0 saturated heterocycles. The molecule has 18 heavy (non-hydrogen) atoms. The first kappa shape index (κ1) is 13.1. The molecule has 0 radical (unpaired) electrons. The standard InChI is InChI=1S/C15H22N2O/c1-10-5-3-6-11(2)15(10)17-14(18)9-12-7-4-8-13(12)16/h3,5-6,12-13H,4,7-9,16H2,1-2H3,(H,17,18)/t12-,13+/m0/s1. The second kappa shape index (κ2) is 5.53. The van der Waals surface area contributed by atoms with Gasteiger partial charge in [0.25, 0.3) is 0 Å². The minimum atomic E-state index is 0.0924. The Labute approximate surface area is 109 Å². The zero-order valence-electron chi connectivity index (χ0n) is 11.2. The Balaban J connectivity index is 1.99. The molecular formula is C15H22N2O. The number of nitrogens with one attached hydrogen (secondary N) is 1. The summed E-state index contributed by atoms with van der Waals surface area (Å²) in [6.07, 6.45) is 3.85. The Bertz CT molecular complexity index is 422. The number of hydrogen-bond donors (Lipinski definition) is 2. The van der Waals surface area contributed by atoms with Crippen LogP contribution in [0.15, 0.2) is 18.2 Å². The molecule has 0 heterocycles. The van der Waals surface area contributed by atoms with E-state index in [0.717, 1.165) is 36.1 Å². The average molecular weight is 246 g/mol. The van der Waals surface area contributed by atoms with Crippen molar-refractivity contribution >= 4 is 11.6 Å². The molecule has 1 aromatic carbocycles. The first-order valence-electron chi connectivity index (χ1n) is 6.69. The number of nitrogens with two attached hydrogens (primary N) is 1. The van der Waals surface area contributed by atoms with Crippen molar-refractivity contribution in [2.24, 2.45) is 11.7 Å². The van der Waals surface area contributed by atoms with Crippen LogP contribution in [0, 0.1) is 19.8 Å². The van der Waals surface area contributed by atoms with Crippen LogP contribution in [-0.2, 0) is 4.79 Å². The summed E-state index contributed by atoms with van der Waals surface area (Å²) >= 11 is 0. The van der Waals surface area contributed by atoms with Crippen molar-refractivity contribution in [3.05, 3.63) is 29.3 Å². The summed E-state index contributed by atoms with van der Waals surface area (Å²) in [4.78, 5) is 12.1. The quantitative estimate of drug-likeness (QED) is 0.861. The van der Waals surface area contributed by atoms with Gasteiger partial charge in [-0.2, -0.15) is 0 Å². The maximum Gasteiger partial charge on any atom is 0.224 e. The van der Waals surface area contributed by atoms with Gasteiger partial charge in [-0.05, 0) is 43.7 Å². The summed E-state index contributed by atoms with van der Waals surface area (Å²) in [5.74, 6) is 0.448. The van der Waals surface area contributed by atoms with Crippen molar-refractivity contribution in [3.63, 3.8) is 0 Å². The normalized spacial score (nSPS) is 23.1. The lowest BCUT2D eigenvalue weighted by Gasteiger charge is -2.16. The van der Waals surface area contributed by atoms with Gasteiger partial charge >= 0.3 is 0 Å². The number of amides is 1. The fourth-order valence-electron chi connectivity index (χ4n) is 2.76. The maximum absolute atomic E-state index is 12.1. The molecule has 3 nitrogen and oxygen atoms in total. The highest BCUT2D eigenvalue weighted by Crippen LogP contribution is 2.27. The number of carbonyl (C=O) groups is 1. The van der Waals surface area contributed by atoms with Crippen LogP contribution in [0.2, 0.25) is 0 Å². The SMILES string of the molecule is Cc1cccc(C)c1NC(=O)C[C@@H]1CCC[C@H]1N. The van der Waals surface area contributed by atoms with Crippen LogP contribution in [0.25, 0.3) is 0 Å². The van der Waals surface area contributed by atoms with Gasteiger partial charge in [-0.3, -0.25) is 4.79 Å². The molecule has 1 aromatic rings. The fraction of sp³-hybridized carbons (Fsp3) is 0.533. The largest absolute Gasteiger partial charge is 0.327 e. The van der Waals surface area contributed by atoms with Gasteiger partial charge in [0, 0.05) is 18.2 Å². The lowest BCUT2D eigenvalue weighted by atomic mass is 9.99. The number of anilines is 1. The van der Waals surface area contributed by atoms with Crippen LogP contribution in [0.3, 0.4) is 0 Å². The third-order valence-corrected chi connectivity index (χ3v) is 3.91. The van der Waals surface area contributed by atoms with E-state index in [1.807, 2.05) is 32.0 Å². The monoisotopic (exact) mass is 246 g/mol. The fourth-order valence-corrected chi connectivity index (χ4v) is 2.76. The predicted molar refractivity (Wildman–Crippen MR) is 74.5 cm³/mol. The maximum atomic E-state index is 12.1. The van der Waals surface area contributed by atoms with E-state index >= 15 is 0 Å². The van der Waals surface area contributed by atoms with E-state index in [4.69, 9.17) is 5.73 Å². The topological polar surface area (TPSA) is 55.1 Å². The van der Waals surface area contributed by atoms with E-state index in [0.29, 0.717) is 12.3 Å². The molecule has 1 aliphatic rings. The lowest BCUT2D eigenvalue weighted by Crippen LogP contribution is -2.28. The summed E-state index contributed by atoms with van der Waals surface area (Å²) in [6, 6.07) is 6.25. The number of hydrogen-bond acceptors (Lipinski definition) is 2. The van der Waals surface area contributed by atoms with Gasteiger partial charge in [0.1, 0.15) is 0 Å². The van der Waals surface area contributed by atoms with Crippen molar-refractivity contribution < 1.29 is 4.79 Å². The molecule has 98 valence electrons. The Morgan fingerprint density at radius 3 is 2.56 bits per heavy atom. The number of benzene rings is 1. The number of rotatable bonds is 3. The molecule has 1 fully saturated rings. The Kier molecular flexibility index (Phi) is 4.02. The van der Waals surface area contributed by atoms with Gasteiger partial charge in [0.05, 0.1) is 0 Å². The van der Waals surface area contributed by atoms with Crippen LogP contribution in [0.5, 0.6) is 0 Å². The summed E-state index contributed by atoms with van der Waals surface area (Å²) in [5, 5.41) is 3.03. The molecule has 2 atom stereocenters. The smallest absolute Gasteiger partial charge is 0.224 e. The van der Waals surface area contributed by atoms with Gasteiger partial charge in [0.2, 0.25) is 5.91 Å². The predicted octanol–water partition coefficient (Wildman–Crippen LogP) is 2.76. The van der Waals surface area contributed by atoms with Crippen molar-refractivity contribution in [2.75, 3.05) is 5.32 Å². The summed E-state index contributed by atoms with van der Waals surface area (Å²) in [6.45, 7) is 4.04. The second-order valence-corrected chi connectivity index (χ2v) is 5.37. The minimum Gasteiger partial charge on any atom is -0.327 e. The van der Waals surface area contributed by atoms with Crippen molar-refractivity contribution in [1.82, 2.24) is 0 Å². The highest BCUT2D eigenvalue weighted by atomic mass is 16.1. The van der Waals surface area contributed by atoms with Gasteiger partial charge in [-0.15, -0.1) is 0 Å². The van der Waals surface area contributed by atoms with Gasteiger partial charge < -0.3 is 11.1 Å². The van der Waals surface area contributed by atoms with Crippen LogP contribution >= 0.6 is 0 Å². The molecule has 3 N–H and O–H groups in total. The van der Waals surface area contributed by atoms with Crippen LogP contribution in [-0.4, -0.2) is 11.9 Å². The molecule has 0 bridgehead atoms. The van der Waals surface area contributed by atoms with Crippen LogP contribution in [0.1, 0.15) is 36.8 Å². The van der Waals surface area contributed by atoms with Crippen molar-refractivity contribution in [1.29, 1.82) is 0 Å². The molecular weight excluding hydrogens is 224 g/mol. The van der Waals surface area contributed by atoms with E-state index in [2.05, 4.69) is 5.32 Å². The van der Waals surface area contributed by atoms with Gasteiger partial charge in [0.15, 0.2) is 0 Å². The van der Waals surface area contributed by atoms with Gasteiger partial charge in [-0.25, -0.2) is 0 Å². The third kappa shape index (κ3) is 2.91. The van der Waals surface area contributed by atoms with Crippen molar-refractivity contribution in [2.45, 2.75) is 45.6 Å². The molecule has 1 amide bonds. The molecule has 2 rings (SSSR count). The molecule has 0 spiro atoms. The zero-order chi connectivity index (χ0) is 13.1. The van der Waals surface area contributed by atoms with E-state index in [-0.39, 0.29) is 11.9 Å². The Morgan fingerprint density at radius 1 is 1.33 bits per heavy atom. The lowest BCUT2D eigenvalue weighted by molar-refractivity contribution is -0.117. The number of aryl methyl sites for hydroxylation is 2. The molecule has 3 heteroatoms. The van der Waals surface area contributed by atoms with Gasteiger partial charge in [-0.1, -0.05) is 24.6 Å². The zero-order valence-corrected chi connectivity index (χ0v) is 11.2. The Morgan fingerprint density at radius 2 is 2.00 bits per heavy atom. The Hall–Kier alpha value is -1.35. The summed E-state index contributed by atoms with van der Waals surface area (Å²) in [5.41, 5.74) is 9.17. The molecule has 1 aliphatic carbocycles. The summed E-state index contributed by atoms with van der Waals surface area (Å²) < 4.78 is 0. The van der Waals surface area contributed by atoms with E-state index in [9.17, 15) is 4.79 Å². The molecule has 1 saturated carbocycles. The first-order chi connectivity index (χ1) is 8.58.